The Hall–Kier alpha value is -2.53. The van der Waals surface area contributed by atoms with Crippen molar-refractivity contribution in [1.29, 1.82) is 0 Å². The molecule has 2 rings (SSSR count). The zero-order chi connectivity index (χ0) is 15.8. The molecule has 0 aromatic heterocycles. The standard InChI is InChI=1S/C16H15ClN2O3/c17-13-7-4-8-14(10-13)22-11-16(21)19-18-15(20)9-12-5-2-1-3-6-12/h1-8,10H,9,11H2,(H,18,20)(H,19,21). The van der Waals surface area contributed by atoms with Crippen molar-refractivity contribution in [3.05, 3.63) is 65.2 Å². The number of ether oxygens (including phenoxy) is 1. The van der Waals surface area contributed by atoms with Crippen molar-refractivity contribution in [3.8, 4) is 5.75 Å². The Bertz CT molecular complexity index is 647. The fraction of sp³-hybridized carbons (Fsp3) is 0.125. The second-order valence-corrected chi connectivity index (χ2v) is 4.94. The summed E-state index contributed by atoms with van der Waals surface area (Å²) in [5, 5.41) is 0.522. The molecular weight excluding hydrogens is 304 g/mol. The molecule has 22 heavy (non-hydrogen) atoms. The minimum atomic E-state index is -0.457. The van der Waals surface area contributed by atoms with E-state index in [2.05, 4.69) is 10.9 Å². The smallest absolute Gasteiger partial charge is 0.276 e. The molecule has 2 amide bonds. The van der Waals surface area contributed by atoms with Gasteiger partial charge in [-0.1, -0.05) is 48.0 Å². The zero-order valence-electron chi connectivity index (χ0n) is 11.7. The van der Waals surface area contributed by atoms with E-state index in [9.17, 15) is 9.59 Å². The minimum absolute atomic E-state index is 0.191. The third-order valence-corrected chi connectivity index (χ3v) is 2.95. The van der Waals surface area contributed by atoms with Crippen LogP contribution in [0.2, 0.25) is 5.02 Å². The molecule has 0 spiro atoms. The van der Waals surface area contributed by atoms with Crippen molar-refractivity contribution < 1.29 is 14.3 Å². The number of benzene rings is 2. The lowest BCUT2D eigenvalue weighted by Gasteiger charge is -2.09. The van der Waals surface area contributed by atoms with Crippen LogP contribution in [0.3, 0.4) is 0 Å². The molecule has 0 fully saturated rings. The van der Waals surface area contributed by atoms with Crippen LogP contribution in [0.5, 0.6) is 5.75 Å². The largest absolute Gasteiger partial charge is 0.484 e. The lowest BCUT2D eigenvalue weighted by molar-refractivity contribution is -0.129. The molecule has 0 bridgehead atoms. The highest BCUT2D eigenvalue weighted by molar-refractivity contribution is 6.30. The molecule has 2 aromatic carbocycles. The van der Waals surface area contributed by atoms with E-state index in [1.54, 1.807) is 24.3 Å². The van der Waals surface area contributed by atoms with Gasteiger partial charge in [-0.25, -0.2) is 0 Å². The Kier molecular flexibility index (Phi) is 5.80. The Morgan fingerprint density at radius 3 is 2.41 bits per heavy atom. The van der Waals surface area contributed by atoms with Gasteiger partial charge >= 0.3 is 0 Å². The first kappa shape index (κ1) is 15.9. The van der Waals surface area contributed by atoms with E-state index in [0.717, 1.165) is 5.56 Å². The van der Waals surface area contributed by atoms with Crippen LogP contribution >= 0.6 is 11.6 Å². The van der Waals surface area contributed by atoms with E-state index in [1.165, 1.54) is 0 Å². The summed E-state index contributed by atoms with van der Waals surface area (Å²) in [4.78, 5) is 23.2. The van der Waals surface area contributed by atoms with Gasteiger partial charge < -0.3 is 4.74 Å². The van der Waals surface area contributed by atoms with Crippen LogP contribution in [0.4, 0.5) is 0 Å². The van der Waals surface area contributed by atoms with Crippen LogP contribution in [0.25, 0.3) is 0 Å². The summed E-state index contributed by atoms with van der Waals surface area (Å²) in [5.41, 5.74) is 5.49. The van der Waals surface area contributed by atoms with Gasteiger partial charge in [0.2, 0.25) is 5.91 Å². The summed E-state index contributed by atoms with van der Waals surface area (Å²) in [6, 6.07) is 16.0. The number of amides is 2. The molecule has 0 aliphatic rings. The van der Waals surface area contributed by atoms with Crippen molar-refractivity contribution >= 4 is 23.4 Å². The Labute approximate surface area is 133 Å². The van der Waals surface area contributed by atoms with Gasteiger partial charge in [0.15, 0.2) is 6.61 Å². The summed E-state index contributed by atoms with van der Waals surface area (Å²) >= 11 is 5.80. The molecule has 0 heterocycles. The highest BCUT2D eigenvalue weighted by Gasteiger charge is 2.06. The van der Waals surface area contributed by atoms with E-state index in [1.807, 2.05) is 30.3 Å². The van der Waals surface area contributed by atoms with Crippen LogP contribution in [0.15, 0.2) is 54.6 Å². The maximum Gasteiger partial charge on any atom is 0.276 e. The first-order valence-electron chi connectivity index (χ1n) is 6.63. The quantitative estimate of drug-likeness (QED) is 0.830. The fourth-order valence-corrected chi connectivity index (χ4v) is 1.89. The molecule has 0 saturated carbocycles. The summed E-state index contributed by atoms with van der Waals surface area (Å²) in [6.45, 7) is -0.216. The van der Waals surface area contributed by atoms with Crippen molar-refractivity contribution in [3.63, 3.8) is 0 Å². The van der Waals surface area contributed by atoms with Crippen LogP contribution < -0.4 is 15.6 Å². The summed E-state index contributed by atoms with van der Waals surface area (Å²) in [7, 11) is 0. The fourth-order valence-electron chi connectivity index (χ4n) is 1.71. The zero-order valence-corrected chi connectivity index (χ0v) is 12.5. The second kappa shape index (κ2) is 8.05. The summed E-state index contributed by atoms with van der Waals surface area (Å²) in [5.74, 6) is -0.276. The van der Waals surface area contributed by atoms with Gasteiger partial charge in [0.1, 0.15) is 5.75 Å². The van der Waals surface area contributed by atoms with Crippen molar-refractivity contribution in [1.82, 2.24) is 10.9 Å². The third kappa shape index (κ3) is 5.46. The normalized spacial score (nSPS) is 9.86. The van der Waals surface area contributed by atoms with Crippen LogP contribution in [-0.2, 0) is 16.0 Å². The Balaban J connectivity index is 1.70. The number of carbonyl (C=O) groups is 2. The van der Waals surface area contributed by atoms with Crippen molar-refractivity contribution in [2.24, 2.45) is 0 Å². The average molecular weight is 319 g/mol. The molecular formula is C16H15ClN2O3. The molecule has 0 aliphatic heterocycles. The van der Waals surface area contributed by atoms with E-state index in [-0.39, 0.29) is 18.9 Å². The number of hydrogen-bond acceptors (Lipinski definition) is 3. The lowest BCUT2D eigenvalue weighted by atomic mass is 10.1. The molecule has 5 nitrogen and oxygen atoms in total. The summed E-state index contributed by atoms with van der Waals surface area (Å²) < 4.78 is 5.25. The van der Waals surface area contributed by atoms with Gasteiger partial charge in [-0.05, 0) is 23.8 Å². The van der Waals surface area contributed by atoms with Gasteiger partial charge in [-0.2, -0.15) is 0 Å². The predicted molar refractivity (Wildman–Crippen MR) is 83.4 cm³/mol. The molecule has 6 heteroatoms. The first-order valence-corrected chi connectivity index (χ1v) is 7.01. The minimum Gasteiger partial charge on any atom is -0.484 e. The topological polar surface area (TPSA) is 67.4 Å². The van der Waals surface area contributed by atoms with Crippen molar-refractivity contribution in [2.75, 3.05) is 6.61 Å². The van der Waals surface area contributed by atoms with Crippen LogP contribution in [0, 0.1) is 0 Å². The number of halogens is 1. The number of hydrogen-bond donors (Lipinski definition) is 2. The molecule has 0 aliphatic carbocycles. The van der Waals surface area contributed by atoms with Gasteiger partial charge in [0, 0.05) is 5.02 Å². The predicted octanol–water partition coefficient (Wildman–Crippen LogP) is 2.11. The molecule has 2 aromatic rings. The molecule has 0 unspecified atom stereocenters. The summed E-state index contributed by atoms with van der Waals surface area (Å²) in [6.07, 6.45) is 0.191. The molecule has 0 saturated heterocycles. The molecule has 0 atom stereocenters. The van der Waals surface area contributed by atoms with E-state index >= 15 is 0 Å². The van der Waals surface area contributed by atoms with E-state index < -0.39 is 5.91 Å². The highest BCUT2D eigenvalue weighted by atomic mass is 35.5. The molecule has 2 N–H and O–H groups in total. The Morgan fingerprint density at radius 2 is 1.68 bits per heavy atom. The maximum absolute atomic E-state index is 11.7. The number of nitrogens with one attached hydrogen (secondary N) is 2. The van der Waals surface area contributed by atoms with Gasteiger partial charge in [-0.15, -0.1) is 0 Å². The second-order valence-electron chi connectivity index (χ2n) is 4.50. The Morgan fingerprint density at radius 1 is 0.955 bits per heavy atom. The molecule has 0 radical (unpaired) electrons. The van der Waals surface area contributed by atoms with Gasteiger partial charge in [0.05, 0.1) is 6.42 Å². The third-order valence-electron chi connectivity index (χ3n) is 2.71. The first-order chi connectivity index (χ1) is 10.6. The maximum atomic E-state index is 11.7. The van der Waals surface area contributed by atoms with Gasteiger partial charge in [-0.3, -0.25) is 20.4 Å². The number of rotatable bonds is 5. The van der Waals surface area contributed by atoms with Crippen molar-refractivity contribution in [2.45, 2.75) is 6.42 Å². The van der Waals surface area contributed by atoms with E-state index in [4.69, 9.17) is 16.3 Å². The number of hydrazine groups is 1. The number of carbonyl (C=O) groups excluding carboxylic acids is 2. The molecule has 114 valence electrons. The SMILES string of the molecule is O=C(COc1cccc(Cl)c1)NNC(=O)Cc1ccccc1. The van der Waals surface area contributed by atoms with Gasteiger partial charge in [0.25, 0.3) is 5.91 Å². The van der Waals surface area contributed by atoms with Crippen LogP contribution in [-0.4, -0.2) is 18.4 Å². The highest BCUT2D eigenvalue weighted by Crippen LogP contribution is 2.16. The van der Waals surface area contributed by atoms with Crippen LogP contribution in [0.1, 0.15) is 5.56 Å². The average Bonchev–Trinajstić information content (AvgIpc) is 2.52. The monoisotopic (exact) mass is 318 g/mol. The van der Waals surface area contributed by atoms with E-state index in [0.29, 0.717) is 10.8 Å². The lowest BCUT2D eigenvalue weighted by Crippen LogP contribution is -2.44.